The molecule has 1 heterocycles. The van der Waals surface area contributed by atoms with Crippen LogP contribution in [0.4, 0.5) is 0 Å². The molecule has 1 N–H and O–H groups in total. The number of benzene rings is 1. The summed E-state index contributed by atoms with van der Waals surface area (Å²) in [7, 11) is -3.89. The van der Waals surface area contributed by atoms with E-state index < -0.39 is 27.9 Å². The third-order valence-electron chi connectivity index (χ3n) is 3.11. The monoisotopic (exact) mass is 360 g/mol. The number of sulfonamides is 1. The lowest BCUT2D eigenvalue weighted by molar-refractivity contribution is -0.136. The Morgan fingerprint density at radius 1 is 1.35 bits per heavy atom. The van der Waals surface area contributed by atoms with Crippen molar-refractivity contribution in [2.24, 2.45) is 0 Å². The number of nitrogens with zero attached hydrogens (tertiary/aromatic N) is 1. The van der Waals surface area contributed by atoms with E-state index in [-0.39, 0.29) is 11.4 Å². The topological polar surface area (TPSA) is 83.6 Å². The first-order chi connectivity index (χ1) is 9.23. The molecule has 1 atom stereocenters. The van der Waals surface area contributed by atoms with E-state index in [0.29, 0.717) is 0 Å². The van der Waals surface area contributed by atoms with Crippen molar-refractivity contribution >= 4 is 37.8 Å². The van der Waals surface area contributed by atoms with Gasteiger partial charge in [-0.3, -0.25) is 14.9 Å². The van der Waals surface area contributed by atoms with Crippen LogP contribution in [0.5, 0.6) is 0 Å². The lowest BCUT2D eigenvalue weighted by Gasteiger charge is -2.30. The molecule has 0 aliphatic carbocycles. The second-order valence-electron chi connectivity index (χ2n) is 4.55. The smallest absolute Gasteiger partial charge is 0.244 e. The van der Waals surface area contributed by atoms with Crippen molar-refractivity contribution in [1.29, 1.82) is 0 Å². The molecule has 0 bridgehead atoms. The Hall–Kier alpha value is -1.25. The predicted molar refractivity (Wildman–Crippen MR) is 75.4 cm³/mol. The van der Waals surface area contributed by atoms with Crippen LogP contribution in [0.2, 0.25) is 0 Å². The zero-order valence-electron chi connectivity index (χ0n) is 10.9. The van der Waals surface area contributed by atoms with Crippen LogP contribution >= 0.6 is 15.9 Å². The van der Waals surface area contributed by atoms with Gasteiger partial charge < -0.3 is 0 Å². The average Bonchev–Trinajstić information content (AvgIpc) is 2.36. The fourth-order valence-electron chi connectivity index (χ4n) is 1.90. The summed E-state index contributed by atoms with van der Waals surface area (Å²) in [5.41, 5.74) is 0.756. The maximum Gasteiger partial charge on any atom is 0.244 e. The average molecular weight is 361 g/mol. The molecule has 8 heteroatoms. The van der Waals surface area contributed by atoms with E-state index in [4.69, 9.17) is 0 Å². The van der Waals surface area contributed by atoms with Crippen molar-refractivity contribution in [2.75, 3.05) is 6.54 Å². The molecule has 0 aromatic heterocycles. The first-order valence-electron chi connectivity index (χ1n) is 5.85. The molecule has 1 fully saturated rings. The minimum atomic E-state index is -3.89. The van der Waals surface area contributed by atoms with Gasteiger partial charge in [-0.15, -0.1) is 0 Å². The van der Waals surface area contributed by atoms with Gasteiger partial charge in [0.15, 0.2) is 0 Å². The fourth-order valence-corrected chi connectivity index (χ4v) is 3.78. The molecular weight excluding hydrogens is 348 g/mol. The molecule has 6 nitrogen and oxygen atoms in total. The molecule has 2 rings (SSSR count). The van der Waals surface area contributed by atoms with Crippen LogP contribution in [-0.2, 0) is 19.6 Å². The highest BCUT2D eigenvalue weighted by Gasteiger charge is 2.38. The zero-order chi connectivity index (χ0) is 15.1. The molecule has 0 radical (unpaired) electrons. The number of hydrogen-bond acceptors (Lipinski definition) is 4. The summed E-state index contributed by atoms with van der Waals surface area (Å²) in [6, 6.07) is 3.65. The standard InChI is InChI=1S/C12H13BrN2O4S/c1-7-5-9(3-4-10(7)13)20(18,19)15-6-11(16)14-12(17)8(15)2/h3-5,8H,6H2,1-2H3,(H,14,16,17). The quantitative estimate of drug-likeness (QED) is 0.790. The fraction of sp³-hybridized carbons (Fsp3) is 0.333. The molecule has 1 unspecified atom stereocenters. The first-order valence-corrected chi connectivity index (χ1v) is 8.08. The van der Waals surface area contributed by atoms with Crippen molar-refractivity contribution in [3.05, 3.63) is 28.2 Å². The number of halogens is 1. The number of amides is 2. The summed E-state index contributed by atoms with van der Waals surface area (Å²) in [5.74, 6) is -1.23. The van der Waals surface area contributed by atoms with Crippen LogP contribution in [0.1, 0.15) is 12.5 Å². The molecular formula is C12H13BrN2O4S. The Morgan fingerprint density at radius 2 is 2.00 bits per heavy atom. The Kier molecular flexibility index (Phi) is 3.99. The third kappa shape index (κ3) is 2.63. The summed E-state index contributed by atoms with van der Waals surface area (Å²) in [5, 5.41) is 2.11. The number of hydrogen-bond donors (Lipinski definition) is 1. The lowest BCUT2D eigenvalue weighted by Crippen LogP contribution is -2.58. The lowest BCUT2D eigenvalue weighted by atomic mass is 10.2. The van der Waals surface area contributed by atoms with E-state index in [2.05, 4.69) is 21.2 Å². The van der Waals surface area contributed by atoms with E-state index >= 15 is 0 Å². The van der Waals surface area contributed by atoms with E-state index in [1.165, 1.54) is 19.1 Å². The molecule has 1 aromatic carbocycles. The summed E-state index contributed by atoms with van der Waals surface area (Å²) in [6.45, 7) is 2.86. The number of rotatable bonds is 2. The van der Waals surface area contributed by atoms with Gasteiger partial charge in [-0.05, 0) is 37.6 Å². The molecule has 1 aliphatic rings. The van der Waals surface area contributed by atoms with Crippen LogP contribution in [0, 0.1) is 6.92 Å². The normalized spacial score (nSPS) is 20.9. The number of aryl methyl sites for hydroxylation is 1. The molecule has 0 saturated carbocycles. The van der Waals surface area contributed by atoms with Gasteiger partial charge in [-0.25, -0.2) is 8.42 Å². The molecule has 108 valence electrons. The van der Waals surface area contributed by atoms with Crippen molar-refractivity contribution < 1.29 is 18.0 Å². The summed E-state index contributed by atoms with van der Waals surface area (Å²) < 4.78 is 26.8. The number of piperazine rings is 1. The second kappa shape index (κ2) is 5.27. The van der Waals surface area contributed by atoms with Gasteiger partial charge in [0.05, 0.1) is 11.4 Å². The summed E-state index contributed by atoms with van der Waals surface area (Å²) in [6.07, 6.45) is 0. The van der Waals surface area contributed by atoms with E-state index in [0.717, 1.165) is 14.3 Å². The predicted octanol–water partition coefficient (Wildman–Crippen LogP) is 0.793. The highest BCUT2D eigenvalue weighted by atomic mass is 79.9. The Labute approximate surface area is 125 Å². The number of imide groups is 1. The Bertz CT molecular complexity index is 687. The van der Waals surface area contributed by atoms with Crippen LogP contribution in [-0.4, -0.2) is 37.1 Å². The SMILES string of the molecule is Cc1cc(S(=O)(=O)N2CC(=O)NC(=O)C2C)ccc1Br. The van der Waals surface area contributed by atoms with Crippen LogP contribution in [0.3, 0.4) is 0 Å². The maximum atomic E-state index is 12.5. The van der Waals surface area contributed by atoms with Crippen LogP contribution < -0.4 is 5.32 Å². The van der Waals surface area contributed by atoms with Crippen molar-refractivity contribution in [3.8, 4) is 0 Å². The number of carbonyl (C=O) groups excluding carboxylic acids is 2. The Morgan fingerprint density at radius 3 is 2.60 bits per heavy atom. The number of carbonyl (C=O) groups is 2. The molecule has 0 spiro atoms. The summed E-state index contributed by atoms with van der Waals surface area (Å²) in [4.78, 5) is 23.0. The van der Waals surface area contributed by atoms with E-state index in [9.17, 15) is 18.0 Å². The maximum absolute atomic E-state index is 12.5. The minimum absolute atomic E-state index is 0.0625. The molecule has 1 saturated heterocycles. The third-order valence-corrected chi connectivity index (χ3v) is 5.91. The van der Waals surface area contributed by atoms with Gasteiger partial charge >= 0.3 is 0 Å². The van der Waals surface area contributed by atoms with Gasteiger partial charge in [0.25, 0.3) is 0 Å². The van der Waals surface area contributed by atoms with Crippen molar-refractivity contribution in [2.45, 2.75) is 24.8 Å². The molecule has 20 heavy (non-hydrogen) atoms. The van der Waals surface area contributed by atoms with Gasteiger partial charge in [0, 0.05) is 4.47 Å². The molecule has 1 aliphatic heterocycles. The molecule has 2 amide bonds. The van der Waals surface area contributed by atoms with Crippen molar-refractivity contribution in [3.63, 3.8) is 0 Å². The van der Waals surface area contributed by atoms with Gasteiger partial charge in [0.1, 0.15) is 6.04 Å². The zero-order valence-corrected chi connectivity index (χ0v) is 13.3. The van der Waals surface area contributed by atoms with Gasteiger partial charge in [-0.1, -0.05) is 15.9 Å². The molecule has 1 aromatic rings. The second-order valence-corrected chi connectivity index (χ2v) is 7.29. The van der Waals surface area contributed by atoms with Gasteiger partial charge in [0.2, 0.25) is 21.8 Å². The van der Waals surface area contributed by atoms with Crippen molar-refractivity contribution in [1.82, 2.24) is 9.62 Å². The summed E-state index contributed by atoms with van der Waals surface area (Å²) >= 11 is 3.30. The van der Waals surface area contributed by atoms with E-state index in [1.54, 1.807) is 13.0 Å². The van der Waals surface area contributed by atoms with Crippen LogP contribution in [0.25, 0.3) is 0 Å². The first kappa shape index (κ1) is 15.1. The number of nitrogens with one attached hydrogen (secondary N) is 1. The highest BCUT2D eigenvalue weighted by Crippen LogP contribution is 2.24. The minimum Gasteiger partial charge on any atom is -0.294 e. The van der Waals surface area contributed by atoms with Crippen LogP contribution in [0.15, 0.2) is 27.6 Å². The Balaban J connectivity index is 2.45. The highest BCUT2D eigenvalue weighted by molar-refractivity contribution is 9.10. The van der Waals surface area contributed by atoms with E-state index in [1.807, 2.05) is 0 Å². The largest absolute Gasteiger partial charge is 0.294 e. The van der Waals surface area contributed by atoms with Gasteiger partial charge in [-0.2, -0.15) is 4.31 Å².